The number of aromatic nitrogens is 2. The van der Waals surface area contributed by atoms with E-state index in [1.54, 1.807) is 0 Å². The molecule has 1 heterocycles. The second-order valence-electron chi connectivity index (χ2n) is 6.98. The molecule has 2 aromatic rings. The van der Waals surface area contributed by atoms with E-state index in [0.29, 0.717) is 11.6 Å². The number of aromatic amines is 2. The highest BCUT2D eigenvalue weighted by Gasteiger charge is 2.15. The summed E-state index contributed by atoms with van der Waals surface area (Å²) in [5.74, 6) is 0.355. The van der Waals surface area contributed by atoms with Gasteiger partial charge in [0, 0.05) is 11.8 Å². The second kappa shape index (κ2) is 8.90. The van der Waals surface area contributed by atoms with Crippen molar-refractivity contribution in [2.45, 2.75) is 51.4 Å². The minimum absolute atomic E-state index is 0.00492. The van der Waals surface area contributed by atoms with E-state index >= 15 is 0 Å². The summed E-state index contributed by atoms with van der Waals surface area (Å²) in [5, 5.41) is 4.17. The summed E-state index contributed by atoms with van der Waals surface area (Å²) in [6, 6.07) is 9.77. The standard InChI is InChI=1S/C20H24N4O2S/c1-13(14-7-9-16(10-8-14)15-5-3-2-4-6-15)23-24-19(26)12-17-11-18(25)22-20(27)21-17/h7-11,15H,2-6,12H2,1H3,(H,24,26)(H2,21,22,25,27)/b23-13-. The Morgan fingerprint density at radius 3 is 2.56 bits per heavy atom. The Bertz CT molecular complexity index is 909. The first-order valence-electron chi connectivity index (χ1n) is 9.27. The molecule has 0 bridgehead atoms. The van der Waals surface area contributed by atoms with E-state index in [9.17, 15) is 9.59 Å². The Morgan fingerprint density at radius 2 is 1.89 bits per heavy atom. The lowest BCUT2D eigenvalue weighted by Crippen LogP contribution is -2.23. The molecule has 27 heavy (non-hydrogen) atoms. The number of hydrogen-bond donors (Lipinski definition) is 3. The summed E-state index contributed by atoms with van der Waals surface area (Å²) in [6.07, 6.45) is 6.53. The van der Waals surface area contributed by atoms with Gasteiger partial charge in [-0.05, 0) is 49.0 Å². The molecule has 0 radical (unpaired) electrons. The molecule has 1 aromatic carbocycles. The van der Waals surface area contributed by atoms with Crippen molar-refractivity contribution in [1.82, 2.24) is 15.4 Å². The van der Waals surface area contributed by atoms with Gasteiger partial charge in [-0.1, -0.05) is 43.5 Å². The summed E-state index contributed by atoms with van der Waals surface area (Å²) in [6.45, 7) is 1.86. The van der Waals surface area contributed by atoms with Crippen LogP contribution in [0.3, 0.4) is 0 Å². The summed E-state index contributed by atoms with van der Waals surface area (Å²) in [5.41, 5.74) is 5.74. The van der Waals surface area contributed by atoms with Gasteiger partial charge in [-0.25, -0.2) is 5.43 Å². The topological polar surface area (TPSA) is 90.1 Å². The van der Waals surface area contributed by atoms with E-state index in [2.05, 4.69) is 44.8 Å². The molecule has 0 spiro atoms. The molecule has 1 amide bonds. The smallest absolute Gasteiger partial charge is 0.251 e. The van der Waals surface area contributed by atoms with Crippen LogP contribution in [-0.4, -0.2) is 21.6 Å². The number of rotatable bonds is 5. The van der Waals surface area contributed by atoms with Gasteiger partial charge < -0.3 is 4.98 Å². The van der Waals surface area contributed by atoms with Crippen molar-refractivity contribution in [3.63, 3.8) is 0 Å². The number of hydrazone groups is 1. The van der Waals surface area contributed by atoms with Gasteiger partial charge in [-0.15, -0.1) is 0 Å². The molecule has 3 rings (SSSR count). The van der Waals surface area contributed by atoms with Crippen molar-refractivity contribution in [3.8, 4) is 0 Å². The molecule has 1 aliphatic carbocycles. The van der Waals surface area contributed by atoms with Crippen molar-refractivity contribution in [1.29, 1.82) is 0 Å². The Labute approximate surface area is 163 Å². The van der Waals surface area contributed by atoms with E-state index < -0.39 is 0 Å². The van der Waals surface area contributed by atoms with Crippen LogP contribution in [0, 0.1) is 4.77 Å². The fraction of sp³-hybridized carbons (Fsp3) is 0.400. The number of H-pyrrole nitrogens is 2. The first-order chi connectivity index (χ1) is 13.0. The summed E-state index contributed by atoms with van der Waals surface area (Å²) in [4.78, 5) is 28.6. The number of hydrogen-bond acceptors (Lipinski definition) is 4. The number of amides is 1. The third kappa shape index (κ3) is 5.47. The Kier molecular flexibility index (Phi) is 6.34. The molecule has 0 unspecified atom stereocenters. The lowest BCUT2D eigenvalue weighted by molar-refractivity contribution is -0.120. The molecule has 6 nitrogen and oxygen atoms in total. The van der Waals surface area contributed by atoms with Crippen molar-refractivity contribution >= 4 is 23.8 Å². The van der Waals surface area contributed by atoms with Crippen molar-refractivity contribution in [2.75, 3.05) is 0 Å². The number of nitrogens with one attached hydrogen (secondary N) is 3. The minimum Gasteiger partial charge on any atom is -0.335 e. The number of carbonyl (C=O) groups is 1. The van der Waals surface area contributed by atoms with Gasteiger partial charge in [0.25, 0.3) is 5.56 Å². The van der Waals surface area contributed by atoms with Gasteiger partial charge >= 0.3 is 0 Å². The van der Waals surface area contributed by atoms with Gasteiger partial charge in [0.05, 0.1) is 12.1 Å². The summed E-state index contributed by atoms with van der Waals surface area (Å²) < 4.78 is 0.197. The fourth-order valence-corrected chi connectivity index (χ4v) is 3.70. The molecule has 0 aliphatic heterocycles. The van der Waals surface area contributed by atoms with Gasteiger partial charge in [-0.3, -0.25) is 14.6 Å². The van der Waals surface area contributed by atoms with Crippen LogP contribution in [0.2, 0.25) is 0 Å². The molecule has 1 aromatic heterocycles. The van der Waals surface area contributed by atoms with Crippen LogP contribution in [0.4, 0.5) is 0 Å². The highest BCUT2D eigenvalue weighted by Crippen LogP contribution is 2.32. The zero-order chi connectivity index (χ0) is 19.2. The first-order valence-corrected chi connectivity index (χ1v) is 9.68. The lowest BCUT2D eigenvalue weighted by atomic mass is 9.84. The van der Waals surface area contributed by atoms with E-state index in [4.69, 9.17) is 12.2 Å². The van der Waals surface area contributed by atoms with Crippen molar-refractivity contribution < 1.29 is 4.79 Å². The molecule has 142 valence electrons. The van der Waals surface area contributed by atoms with E-state index in [-0.39, 0.29) is 22.7 Å². The molecule has 7 heteroatoms. The minimum atomic E-state index is -0.334. The Balaban J connectivity index is 1.60. The normalized spacial score (nSPS) is 15.5. The van der Waals surface area contributed by atoms with E-state index in [1.165, 1.54) is 43.7 Å². The number of benzene rings is 1. The molecule has 0 atom stereocenters. The largest absolute Gasteiger partial charge is 0.335 e. The van der Waals surface area contributed by atoms with Gasteiger partial charge in [0.1, 0.15) is 0 Å². The molecule has 1 saturated carbocycles. The molecular weight excluding hydrogens is 360 g/mol. The molecule has 1 fully saturated rings. The average Bonchev–Trinajstić information content (AvgIpc) is 2.66. The van der Waals surface area contributed by atoms with Gasteiger partial charge in [0.2, 0.25) is 5.91 Å². The van der Waals surface area contributed by atoms with E-state index in [0.717, 1.165) is 11.3 Å². The second-order valence-corrected chi connectivity index (χ2v) is 7.39. The molecule has 0 saturated heterocycles. The first kappa shape index (κ1) is 19.2. The fourth-order valence-electron chi connectivity index (χ4n) is 3.47. The summed E-state index contributed by atoms with van der Waals surface area (Å²) >= 11 is 4.90. The van der Waals surface area contributed by atoms with E-state index in [1.807, 2.05) is 6.92 Å². The van der Waals surface area contributed by atoms with Crippen molar-refractivity contribution in [3.05, 3.63) is 62.3 Å². The number of nitrogens with zero attached hydrogens (tertiary/aromatic N) is 1. The van der Waals surface area contributed by atoms with Crippen LogP contribution in [-0.2, 0) is 11.2 Å². The number of carbonyl (C=O) groups excluding carboxylic acids is 1. The zero-order valence-electron chi connectivity index (χ0n) is 15.4. The van der Waals surface area contributed by atoms with Crippen LogP contribution in [0.15, 0.2) is 40.2 Å². The monoisotopic (exact) mass is 384 g/mol. The van der Waals surface area contributed by atoms with Crippen LogP contribution >= 0.6 is 12.2 Å². The zero-order valence-corrected chi connectivity index (χ0v) is 16.2. The Morgan fingerprint density at radius 1 is 1.19 bits per heavy atom. The van der Waals surface area contributed by atoms with Crippen LogP contribution in [0.25, 0.3) is 0 Å². The van der Waals surface area contributed by atoms with Crippen LogP contribution in [0.1, 0.15) is 61.8 Å². The van der Waals surface area contributed by atoms with Gasteiger partial charge in [-0.2, -0.15) is 5.10 Å². The third-order valence-corrected chi connectivity index (χ3v) is 5.12. The lowest BCUT2D eigenvalue weighted by Gasteiger charge is -2.22. The van der Waals surface area contributed by atoms with Crippen LogP contribution in [0.5, 0.6) is 0 Å². The Hall–Kier alpha value is -2.54. The SMILES string of the molecule is C/C(=N/NC(=O)Cc1cc(=O)[nH]c(=S)[nH]1)c1ccc(C2CCCCC2)cc1. The molecular formula is C20H24N4O2S. The maximum absolute atomic E-state index is 12.0. The molecule has 1 aliphatic rings. The summed E-state index contributed by atoms with van der Waals surface area (Å²) in [7, 11) is 0. The maximum atomic E-state index is 12.0. The predicted molar refractivity (Wildman–Crippen MR) is 109 cm³/mol. The van der Waals surface area contributed by atoms with Gasteiger partial charge in [0.15, 0.2) is 4.77 Å². The van der Waals surface area contributed by atoms with Crippen molar-refractivity contribution in [2.24, 2.45) is 5.10 Å². The predicted octanol–water partition coefficient (Wildman–Crippen LogP) is 3.56. The average molecular weight is 385 g/mol. The molecule has 3 N–H and O–H groups in total. The van der Waals surface area contributed by atoms with Crippen LogP contribution < -0.4 is 11.0 Å². The highest BCUT2D eigenvalue weighted by molar-refractivity contribution is 7.71. The third-order valence-electron chi connectivity index (χ3n) is 4.92. The quantitative estimate of drug-likeness (QED) is 0.418. The highest BCUT2D eigenvalue weighted by atomic mass is 32.1. The maximum Gasteiger partial charge on any atom is 0.251 e.